The molecule has 3 rings (SSSR count). The predicted molar refractivity (Wildman–Crippen MR) is 153 cm³/mol. The van der Waals surface area contributed by atoms with Crippen molar-refractivity contribution in [3.63, 3.8) is 0 Å². The van der Waals surface area contributed by atoms with Gasteiger partial charge >= 0.3 is 222 Å². The number of benzene rings is 1. The third kappa shape index (κ3) is 6.23. The summed E-state index contributed by atoms with van der Waals surface area (Å²) in [5.41, 5.74) is 0.751. The second kappa shape index (κ2) is 12.4. The fraction of sp³-hybridized carbons (Fsp3) is 0.741. The van der Waals surface area contributed by atoms with Crippen LogP contribution in [0.15, 0.2) is 6.07 Å². The van der Waals surface area contributed by atoms with Gasteiger partial charge in [-0.1, -0.05) is 0 Å². The molecule has 192 valence electrons. The van der Waals surface area contributed by atoms with Gasteiger partial charge in [-0.15, -0.1) is 0 Å². The number of nitrogens with zero attached hydrogens (tertiary/aromatic N) is 3. The van der Waals surface area contributed by atoms with Gasteiger partial charge in [-0.3, -0.25) is 0 Å². The van der Waals surface area contributed by atoms with Crippen LogP contribution in [0.5, 0.6) is 0 Å². The Morgan fingerprint density at radius 3 is 1.97 bits per heavy atom. The van der Waals surface area contributed by atoms with Crippen molar-refractivity contribution in [3.05, 3.63) is 16.9 Å². The summed E-state index contributed by atoms with van der Waals surface area (Å²) < 4.78 is 25.7. The van der Waals surface area contributed by atoms with Crippen molar-refractivity contribution in [2.45, 2.75) is 98.9 Å². The Balaban J connectivity index is 2.01. The van der Waals surface area contributed by atoms with Gasteiger partial charge in [0.25, 0.3) is 0 Å². The number of hydrogen-bond acceptors (Lipinski definition) is 4. The van der Waals surface area contributed by atoms with Gasteiger partial charge in [-0.25, -0.2) is 0 Å². The fourth-order valence-electron chi connectivity index (χ4n) is 5.59. The molecule has 0 amide bonds. The van der Waals surface area contributed by atoms with E-state index in [4.69, 9.17) is 16.0 Å². The van der Waals surface area contributed by atoms with Gasteiger partial charge in [0.2, 0.25) is 0 Å². The third-order valence-corrected chi connectivity index (χ3v) is 25.0. The number of hydrogen-bond donors (Lipinski definition) is 0. The summed E-state index contributed by atoms with van der Waals surface area (Å²) in [5.74, 6) is -0.0718. The molecule has 1 aromatic heterocycles. The first-order chi connectivity index (χ1) is 16.2. The van der Waals surface area contributed by atoms with Crippen molar-refractivity contribution >= 4 is 61.0 Å². The quantitative estimate of drug-likeness (QED) is 0.238. The van der Waals surface area contributed by atoms with E-state index in [1.165, 1.54) is 63.4 Å². The molecule has 34 heavy (non-hydrogen) atoms. The Morgan fingerprint density at radius 1 is 0.971 bits per heavy atom. The van der Waals surface area contributed by atoms with Crippen LogP contribution in [-0.2, 0) is 0 Å². The average molecular weight is 617 g/mol. The van der Waals surface area contributed by atoms with E-state index < -0.39 is 18.4 Å². The van der Waals surface area contributed by atoms with E-state index in [9.17, 15) is 0 Å². The van der Waals surface area contributed by atoms with Crippen molar-refractivity contribution in [1.29, 1.82) is 0 Å². The number of fused-ring (bicyclic) bond motifs is 1. The first-order valence-electron chi connectivity index (χ1n) is 13.5. The van der Waals surface area contributed by atoms with Crippen LogP contribution >= 0.6 is 23.1 Å². The fourth-order valence-corrected chi connectivity index (χ4v) is 24.5. The Morgan fingerprint density at radius 2 is 1.50 bits per heavy atom. The van der Waals surface area contributed by atoms with Gasteiger partial charge in [0.15, 0.2) is 0 Å². The number of rotatable bonds is 11. The number of piperazine rings is 1. The van der Waals surface area contributed by atoms with Gasteiger partial charge in [0.1, 0.15) is 0 Å². The molecule has 0 aliphatic carbocycles. The Kier molecular flexibility index (Phi) is 10.4. The molecule has 0 saturated carbocycles. The second-order valence-electron chi connectivity index (χ2n) is 11.2. The van der Waals surface area contributed by atoms with Crippen molar-refractivity contribution in [2.75, 3.05) is 31.1 Å². The standard InChI is InChI=1S/C15H18ClFN3S.3C4H9.Sn/c1-15(2,3)20-6-4-19(5-7-20)14-11-8-10(16)9-12(17)13(11)18-21-14;3*1-3-4-2;/h8H,4-7H2,1-3H3;3*1,3-4H2,2H3;. The van der Waals surface area contributed by atoms with Crippen LogP contribution in [-0.4, -0.2) is 59.4 Å². The number of halogens is 2. The minimum absolute atomic E-state index is 0.0718. The summed E-state index contributed by atoms with van der Waals surface area (Å²) in [7, 11) is 0. The Labute approximate surface area is 220 Å². The first kappa shape index (κ1) is 28.5. The van der Waals surface area contributed by atoms with Gasteiger partial charge in [-0.05, 0) is 0 Å². The molecule has 0 N–H and O–H groups in total. The van der Waals surface area contributed by atoms with E-state index in [-0.39, 0.29) is 11.4 Å². The molecule has 1 fully saturated rings. The monoisotopic (exact) mass is 617 g/mol. The van der Waals surface area contributed by atoms with Gasteiger partial charge in [0, 0.05) is 0 Å². The average Bonchev–Trinajstić information content (AvgIpc) is 3.23. The van der Waals surface area contributed by atoms with E-state index in [1.807, 2.05) is 0 Å². The normalized spacial score (nSPS) is 16.1. The molecule has 0 spiro atoms. The Bertz CT molecular complexity index is 912. The van der Waals surface area contributed by atoms with Crippen LogP contribution < -0.4 is 8.48 Å². The molecule has 1 saturated heterocycles. The van der Waals surface area contributed by atoms with E-state index >= 15 is 4.39 Å². The van der Waals surface area contributed by atoms with Gasteiger partial charge in [-0.2, -0.15) is 0 Å². The van der Waals surface area contributed by atoms with Gasteiger partial charge < -0.3 is 0 Å². The van der Waals surface area contributed by atoms with Crippen LogP contribution in [0.3, 0.4) is 0 Å². The number of unbranched alkanes of at least 4 members (excludes halogenated alkanes) is 3. The zero-order valence-corrected chi connectivity index (χ0v) is 26.7. The summed E-state index contributed by atoms with van der Waals surface area (Å²) in [6.07, 6.45) is 7.08. The summed E-state index contributed by atoms with van der Waals surface area (Å²) in [5, 5.41) is 2.70. The molecule has 7 heteroatoms. The minimum atomic E-state index is -3.02. The molecule has 2 aromatic rings. The van der Waals surface area contributed by atoms with Crippen molar-refractivity contribution < 1.29 is 4.39 Å². The molecule has 1 aromatic carbocycles. The van der Waals surface area contributed by atoms with Crippen LogP contribution in [0.4, 0.5) is 9.39 Å². The molecular weight excluding hydrogens is 572 g/mol. The molecule has 0 bridgehead atoms. The zero-order valence-electron chi connectivity index (χ0n) is 22.3. The Hall–Kier alpha value is -0.111. The van der Waals surface area contributed by atoms with Crippen LogP contribution in [0.1, 0.15) is 80.1 Å². The van der Waals surface area contributed by atoms with Crippen LogP contribution in [0, 0.1) is 5.82 Å². The zero-order chi connectivity index (χ0) is 24.9. The molecule has 3 nitrogen and oxygen atoms in total. The maximum absolute atomic E-state index is 16.4. The molecule has 1 aliphatic heterocycles. The van der Waals surface area contributed by atoms with Crippen molar-refractivity contribution in [1.82, 2.24) is 9.27 Å². The topological polar surface area (TPSA) is 19.4 Å². The number of aromatic nitrogens is 1. The molecular formula is C27H45ClFN3SSn. The SMILES string of the molecule is CCC[CH2][Sn]([CH2]CCC)([CH2]CCC)[c]1c(Cl)cc2c(N3CCN(C(C)(C)C)CC3)snc2c1F. The van der Waals surface area contributed by atoms with Crippen molar-refractivity contribution in [3.8, 4) is 0 Å². The van der Waals surface area contributed by atoms with E-state index in [0.29, 0.717) is 10.5 Å². The van der Waals surface area contributed by atoms with E-state index in [2.05, 4.69) is 57.4 Å². The molecule has 2 heterocycles. The molecule has 0 atom stereocenters. The summed E-state index contributed by atoms with van der Waals surface area (Å²) in [6.45, 7) is 17.5. The summed E-state index contributed by atoms with van der Waals surface area (Å²) in [4.78, 5) is 4.91. The molecule has 0 unspecified atom stereocenters. The predicted octanol–water partition coefficient (Wildman–Crippen LogP) is 8.07. The van der Waals surface area contributed by atoms with Gasteiger partial charge in [0.05, 0.1) is 0 Å². The summed E-state index contributed by atoms with van der Waals surface area (Å²) >= 11 is 5.48. The summed E-state index contributed by atoms with van der Waals surface area (Å²) in [6, 6.07) is 2.08. The van der Waals surface area contributed by atoms with Crippen LogP contribution in [0.2, 0.25) is 18.3 Å². The van der Waals surface area contributed by atoms with Crippen molar-refractivity contribution in [2.24, 2.45) is 0 Å². The van der Waals surface area contributed by atoms with Crippen LogP contribution in [0.25, 0.3) is 10.9 Å². The number of anilines is 1. The third-order valence-electron chi connectivity index (χ3n) is 7.72. The van der Waals surface area contributed by atoms with E-state index in [0.717, 1.165) is 40.1 Å². The molecule has 1 aliphatic rings. The second-order valence-corrected chi connectivity index (χ2v) is 25.3. The molecule has 0 radical (unpaired) electrons. The first-order valence-corrected chi connectivity index (χ1v) is 22.1. The maximum atomic E-state index is 16.4. The van der Waals surface area contributed by atoms with E-state index in [1.54, 1.807) is 0 Å².